The molecule has 1 heteroatoms. The molecule has 0 aromatic carbocycles. The molecule has 0 heterocycles. The lowest BCUT2D eigenvalue weighted by Gasteiger charge is -2.55. The maximum Gasteiger partial charge on any atom is 0.0468 e. The number of fused-ring (bicyclic) bond motifs is 1. The Morgan fingerprint density at radius 3 is 2.87 bits per heavy atom. The van der Waals surface area contributed by atoms with Crippen molar-refractivity contribution in [1.82, 2.24) is 0 Å². The zero-order valence-electron chi connectivity index (χ0n) is 10.5. The van der Waals surface area contributed by atoms with Gasteiger partial charge in [0.25, 0.3) is 0 Å². The topological polar surface area (TPSA) is 12.4 Å². The summed E-state index contributed by atoms with van der Waals surface area (Å²) in [5.41, 5.74) is 2.04. The van der Waals surface area contributed by atoms with E-state index < -0.39 is 0 Å². The van der Waals surface area contributed by atoms with Crippen LogP contribution in [0.5, 0.6) is 0 Å². The van der Waals surface area contributed by atoms with Crippen LogP contribution < -0.4 is 0 Å². The molecular formula is C14H23N. The van der Waals surface area contributed by atoms with Crippen molar-refractivity contribution in [2.75, 3.05) is 0 Å². The van der Waals surface area contributed by atoms with Crippen LogP contribution in [-0.4, -0.2) is 12.3 Å². The van der Waals surface area contributed by atoms with E-state index in [2.05, 4.69) is 45.0 Å². The standard InChI is InChI=1S/C14H23N/c1-5-10(2)15-9-11-6-7-12-8-13(11)14(12,3)4/h6,9-10,12-13H,5,7-8H2,1-4H3/t10-,12-,13-/m0/s1. The Hall–Kier alpha value is -0.590. The molecule has 0 saturated heterocycles. The van der Waals surface area contributed by atoms with Crippen LogP contribution >= 0.6 is 0 Å². The van der Waals surface area contributed by atoms with Crippen LogP contribution in [0.4, 0.5) is 0 Å². The second kappa shape index (κ2) is 3.77. The normalized spacial score (nSPS) is 34.8. The summed E-state index contributed by atoms with van der Waals surface area (Å²) in [6, 6.07) is 0.479. The maximum absolute atomic E-state index is 4.61. The minimum atomic E-state index is 0.479. The number of aliphatic imine (C=N–C) groups is 1. The lowest BCUT2D eigenvalue weighted by atomic mass is 9.49. The van der Waals surface area contributed by atoms with Gasteiger partial charge in [-0.1, -0.05) is 26.8 Å². The van der Waals surface area contributed by atoms with Gasteiger partial charge in [-0.3, -0.25) is 4.99 Å². The molecule has 1 nitrogen and oxygen atoms in total. The van der Waals surface area contributed by atoms with E-state index in [1.54, 1.807) is 0 Å². The highest BCUT2D eigenvalue weighted by atomic mass is 14.8. The zero-order chi connectivity index (χ0) is 11.1. The number of allylic oxidation sites excluding steroid dienone is 2. The Bertz CT molecular complexity index is 298. The van der Waals surface area contributed by atoms with Gasteiger partial charge in [0.15, 0.2) is 0 Å². The summed E-state index contributed by atoms with van der Waals surface area (Å²) >= 11 is 0. The first-order chi connectivity index (χ1) is 7.05. The third-order valence-electron chi connectivity index (χ3n) is 4.58. The molecule has 3 atom stereocenters. The van der Waals surface area contributed by atoms with Crippen molar-refractivity contribution in [1.29, 1.82) is 0 Å². The Kier molecular flexibility index (Phi) is 2.74. The first-order valence-corrected chi connectivity index (χ1v) is 6.29. The smallest absolute Gasteiger partial charge is 0.0468 e. The van der Waals surface area contributed by atoms with Crippen molar-refractivity contribution >= 4 is 6.21 Å². The predicted molar refractivity (Wildman–Crippen MR) is 66.3 cm³/mol. The number of nitrogens with zero attached hydrogens (tertiary/aromatic N) is 1. The van der Waals surface area contributed by atoms with Gasteiger partial charge in [0, 0.05) is 12.3 Å². The molecule has 3 aliphatic carbocycles. The Morgan fingerprint density at radius 2 is 2.33 bits per heavy atom. The van der Waals surface area contributed by atoms with E-state index in [0.29, 0.717) is 11.5 Å². The lowest BCUT2D eigenvalue weighted by Crippen LogP contribution is -2.48. The maximum atomic E-state index is 4.61. The minimum Gasteiger partial charge on any atom is -0.290 e. The van der Waals surface area contributed by atoms with Gasteiger partial charge >= 0.3 is 0 Å². The summed E-state index contributed by atoms with van der Waals surface area (Å²) in [5, 5.41) is 0. The monoisotopic (exact) mass is 205 g/mol. The molecule has 0 aliphatic heterocycles. The van der Waals surface area contributed by atoms with Crippen LogP contribution in [0.15, 0.2) is 16.6 Å². The highest BCUT2D eigenvalue weighted by Gasteiger charge is 2.50. The molecule has 1 saturated carbocycles. The quantitative estimate of drug-likeness (QED) is 0.621. The molecule has 0 N–H and O–H groups in total. The van der Waals surface area contributed by atoms with Crippen LogP contribution in [0.25, 0.3) is 0 Å². The van der Waals surface area contributed by atoms with Gasteiger partial charge in [0.1, 0.15) is 0 Å². The van der Waals surface area contributed by atoms with E-state index in [1.807, 2.05) is 0 Å². The van der Waals surface area contributed by atoms with Crippen molar-refractivity contribution in [2.24, 2.45) is 22.2 Å². The van der Waals surface area contributed by atoms with Crippen molar-refractivity contribution < 1.29 is 0 Å². The van der Waals surface area contributed by atoms with E-state index in [9.17, 15) is 0 Å². The van der Waals surface area contributed by atoms with E-state index in [4.69, 9.17) is 0 Å². The fourth-order valence-electron chi connectivity index (χ4n) is 2.86. The van der Waals surface area contributed by atoms with Gasteiger partial charge in [-0.25, -0.2) is 0 Å². The first-order valence-electron chi connectivity index (χ1n) is 6.29. The molecule has 84 valence electrons. The van der Waals surface area contributed by atoms with E-state index in [1.165, 1.54) is 18.4 Å². The molecule has 0 aromatic rings. The molecule has 0 spiro atoms. The van der Waals surface area contributed by atoms with Crippen LogP contribution in [0.1, 0.15) is 47.0 Å². The van der Waals surface area contributed by atoms with Gasteiger partial charge in [-0.15, -0.1) is 0 Å². The van der Waals surface area contributed by atoms with Crippen LogP contribution in [0, 0.1) is 17.3 Å². The summed E-state index contributed by atoms with van der Waals surface area (Å²) in [7, 11) is 0. The molecule has 15 heavy (non-hydrogen) atoms. The van der Waals surface area contributed by atoms with E-state index >= 15 is 0 Å². The van der Waals surface area contributed by atoms with Gasteiger partial charge in [0.05, 0.1) is 0 Å². The third-order valence-corrected chi connectivity index (χ3v) is 4.58. The summed E-state index contributed by atoms with van der Waals surface area (Å²) in [6.07, 6.45) is 8.36. The van der Waals surface area contributed by atoms with Crippen molar-refractivity contribution in [3.05, 3.63) is 11.6 Å². The number of rotatable bonds is 3. The van der Waals surface area contributed by atoms with Gasteiger partial charge in [-0.2, -0.15) is 0 Å². The highest BCUT2D eigenvalue weighted by Crippen LogP contribution is 2.58. The second-order valence-corrected chi connectivity index (χ2v) is 5.78. The summed E-state index contributed by atoms with van der Waals surface area (Å²) in [4.78, 5) is 4.61. The zero-order valence-corrected chi connectivity index (χ0v) is 10.5. The third kappa shape index (κ3) is 1.77. The molecule has 1 fully saturated rings. The SMILES string of the molecule is CC[C@H](C)N=CC1=CC[C@H]2C[C@@H]1C2(C)C. The van der Waals surface area contributed by atoms with Crippen molar-refractivity contribution in [3.8, 4) is 0 Å². The fourth-order valence-corrected chi connectivity index (χ4v) is 2.86. The minimum absolute atomic E-state index is 0.479. The molecule has 3 aliphatic rings. The summed E-state index contributed by atoms with van der Waals surface area (Å²) in [5.74, 6) is 1.72. The van der Waals surface area contributed by atoms with Crippen LogP contribution in [-0.2, 0) is 0 Å². The van der Waals surface area contributed by atoms with Gasteiger partial charge in [0.2, 0.25) is 0 Å². The van der Waals surface area contributed by atoms with Gasteiger partial charge < -0.3 is 0 Å². The molecule has 2 bridgehead atoms. The molecule has 0 radical (unpaired) electrons. The average molecular weight is 205 g/mol. The Labute approximate surface area is 93.7 Å². The van der Waals surface area contributed by atoms with Crippen molar-refractivity contribution in [2.45, 2.75) is 53.0 Å². The molecule has 0 amide bonds. The first kappa shape index (κ1) is 10.9. The predicted octanol–water partition coefficient (Wildman–Crippen LogP) is 3.85. The van der Waals surface area contributed by atoms with E-state index in [0.717, 1.165) is 18.3 Å². The Morgan fingerprint density at radius 1 is 1.60 bits per heavy atom. The molecular weight excluding hydrogens is 182 g/mol. The van der Waals surface area contributed by atoms with Crippen molar-refractivity contribution in [3.63, 3.8) is 0 Å². The number of hydrogen-bond acceptors (Lipinski definition) is 1. The average Bonchev–Trinajstić information content (AvgIpc) is 2.25. The molecule has 0 unspecified atom stereocenters. The van der Waals surface area contributed by atoms with Gasteiger partial charge in [-0.05, 0) is 49.0 Å². The highest BCUT2D eigenvalue weighted by molar-refractivity contribution is 5.80. The molecule has 3 rings (SSSR count). The lowest BCUT2D eigenvalue weighted by molar-refractivity contribution is -0.00126. The fraction of sp³-hybridized carbons (Fsp3) is 0.786. The second-order valence-electron chi connectivity index (χ2n) is 5.78. The van der Waals surface area contributed by atoms with Crippen LogP contribution in [0.2, 0.25) is 0 Å². The summed E-state index contributed by atoms with van der Waals surface area (Å²) < 4.78 is 0. The number of hydrogen-bond donors (Lipinski definition) is 0. The van der Waals surface area contributed by atoms with Crippen LogP contribution in [0.3, 0.4) is 0 Å². The molecule has 0 aromatic heterocycles. The largest absolute Gasteiger partial charge is 0.290 e. The van der Waals surface area contributed by atoms with E-state index in [-0.39, 0.29) is 0 Å². The Balaban J connectivity index is 2.05. The summed E-state index contributed by atoms with van der Waals surface area (Å²) in [6.45, 7) is 9.21.